The lowest BCUT2D eigenvalue weighted by Crippen LogP contribution is -2.04. The van der Waals surface area contributed by atoms with E-state index < -0.39 is 0 Å². The molecule has 4 heteroatoms. The number of hydrogen-bond acceptors (Lipinski definition) is 4. The lowest BCUT2D eigenvalue weighted by Gasteiger charge is -2.13. The second-order valence-electron chi connectivity index (χ2n) is 3.44. The summed E-state index contributed by atoms with van der Waals surface area (Å²) in [7, 11) is 3.19. The van der Waals surface area contributed by atoms with Crippen molar-refractivity contribution >= 4 is 6.47 Å². The third kappa shape index (κ3) is 3.15. The highest BCUT2D eigenvalue weighted by Crippen LogP contribution is 2.27. The number of hydrogen-bond donors (Lipinski definition) is 0. The van der Waals surface area contributed by atoms with Gasteiger partial charge in [0.2, 0.25) is 0 Å². The van der Waals surface area contributed by atoms with Gasteiger partial charge in [-0.05, 0) is 17.7 Å². The quantitative estimate of drug-likeness (QED) is 0.738. The van der Waals surface area contributed by atoms with E-state index in [1.807, 2.05) is 19.1 Å². The van der Waals surface area contributed by atoms with Crippen molar-refractivity contribution in [3.8, 4) is 11.5 Å². The molecule has 0 spiro atoms. The molecule has 0 aromatic heterocycles. The number of benzene rings is 1. The van der Waals surface area contributed by atoms with Gasteiger partial charge in [-0.25, -0.2) is 4.79 Å². The van der Waals surface area contributed by atoms with Crippen LogP contribution in [0.25, 0.3) is 0 Å². The molecule has 87 valence electrons. The van der Waals surface area contributed by atoms with E-state index in [1.165, 1.54) is 6.47 Å². The molecule has 0 aliphatic heterocycles. The van der Waals surface area contributed by atoms with Crippen molar-refractivity contribution in [1.82, 2.24) is 0 Å². The van der Waals surface area contributed by atoms with Crippen LogP contribution in [0.1, 0.15) is 18.4 Å². The standard InChI is InChI=1S/C12H15O4/c1-9(7-16-8-13)10-4-11(14-2)6-12(5-10)15-3/h4-6,9H,7H2,1-3H3. The first-order valence-corrected chi connectivity index (χ1v) is 4.93. The minimum absolute atomic E-state index is 0.0745. The second-order valence-corrected chi connectivity index (χ2v) is 3.44. The maximum Gasteiger partial charge on any atom is 0.417 e. The van der Waals surface area contributed by atoms with Gasteiger partial charge in [-0.15, -0.1) is 0 Å². The summed E-state index contributed by atoms with van der Waals surface area (Å²) in [5, 5.41) is 0. The van der Waals surface area contributed by atoms with E-state index in [0.29, 0.717) is 6.61 Å². The van der Waals surface area contributed by atoms with Gasteiger partial charge in [0.25, 0.3) is 0 Å². The average Bonchev–Trinajstić information content (AvgIpc) is 2.35. The van der Waals surface area contributed by atoms with E-state index in [1.54, 1.807) is 20.3 Å². The van der Waals surface area contributed by atoms with Crippen molar-refractivity contribution in [2.24, 2.45) is 0 Å². The van der Waals surface area contributed by atoms with Gasteiger partial charge in [-0.1, -0.05) is 6.92 Å². The Kier molecular flexibility index (Phi) is 4.64. The molecule has 0 saturated heterocycles. The summed E-state index contributed by atoms with van der Waals surface area (Å²) < 4.78 is 14.9. The number of methoxy groups -OCH3 is 2. The van der Waals surface area contributed by atoms with Crippen LogP contribution in [-0.4, -0.2) is 27.3 Å². The fraction of sp³-hybridized carbons (Fsp3) is 0.417. The first-order chi connectivity index (χ1) is 7.71. The minimum Gasteiger partial charge on any atom is -0.497 e. The van der Waals surface area contributed by atoms with Crippen LogP contribution in [0.3, 0.4) is 0 Å². The van der Waals surface area contributed by atoms with Crippen LogP contribution >= 0.6 is 0 Å². The van der Waals surface area contributed by atoms with Crippen LogP contribution in [-0.2, 0) is 9.53 Å². The van der Waals surface area contributed by atoms with Crippen molar-refractivity contribution < 1.29 is 19.0 Å². The van der Waals surface area contributed by atoms with E-state index in [4.69, 9.17) is 9.47 Å². The van der Waals surface area contributed by atoms with Gasteiger partial charge in [0, 0.05) is 12.0 Å². The molecule has 0 amide bonds. The zero-order valence-electron chi connectivity index (χ0n) is 9.65. The van der Waals surface area contributed by atoms with Crippen molar-refractivity contribution in [2.75, 3.05) is 20.8 Å². The van der Waals surface area contributed by atoms with E-state index in [0.717, 1.165) is 17.1 Å². The zero-order valence-corrected chi connectivity index (χ0v) is 9.65. The fourth-order valence-corrected chi connectivity index (χ4v) is 1.37. The predicted molar refractivity (Wildman–Crippen MR) is 59.6 cm³/mol. The predicted octanol–water partition coefficient (Wildman–Crippen LogP) is 1.89. The maximum absolute atomic E-state index is 9.99. The summed E-state index contributed by atoms with van der Waals surface area (Å²) in [5.41, 5.74) is 0.992. The van der Waals surface area contributed by atoms with Crippen LogP contribution in [0.5, 0.6) is 11.5 Å². The molecule has 0 saturated carbocycles. The van der Waals surface area contributed by atoms with Crippen molar-refractivity contribution in [2.45, 2.75) is 12.8 Å². The molecule has 1 radical (unpaired) electrons. The van der Waals surface area contributed by atoms with Gasteiger partial charge in [-0.2, -0.15) is 0 Å². The van der Waals surface area contributed by atoms with Gasteiger partial charge in [0.05, 0.1) is 20.8 Å². The largest absolute Gasteiger partial charge is 0.497 e. The Morgan fingerprint density at radius 3 is 2.19 bits per heavy atom. The Morgan fingerprint density at radius 2 is 1.75 bits per heavy atom. The van der Waals surface area contributed by atoms with E-state index in [-0.39, 0.29) is 5.92 Å². The molecule has 0 N–H and O–H groups in total. The molecule has 4 nitrogen and oxygen atoms in total. The van der Waals surface area contributed by atoms with E-state index >= 15 is 0 Å². The van der Waals surface area contributed by atoms with Crippen LogP contribution in [0, 0.1) is 0 Å². The molecule has 0 fully saturated rings. The Bertz CT molecular complexity index is 327. The van der Waals surface area contributed by atoms with Gasteiger partial charge in [0.1, 0.15) is 11.5 Å². The van der Waals surface area contributed by atoms with Gasteiger partial charge >= 0.3 is 6.47 Å². The average molecular weight is 223 g/mol. The van der Waals surface area contributed by atoms with Crippen LogP contribution in [0.4, 0.5) is 0 Å². The van der Waals surface area contributed by atoms with Gasteiger partial charge in [0.15, 0.2) is 0 Å². The molecule has 1 aromatic rings. The first kappa shape index (κ1) is 12.4. The maximum atomic E-state index is 9.99. The third-order valence-electron chi connectivity index (χ3n) is 2.34. The summed E-state index contributed by atoms with van der Waals surface area (Å²) in [6, 6.07) is 5.58. The monoisotopic (exact) mass is 223 g/mol. The van der Waals surface area contributed by atoms with Crippen molar-refractivity contribution in [1.29, 1.82) is 0 Å². The van der Waals surface area contributed by atoms with E-state index in [9.17, 15) is 4.79 Å². The van der Waals surface area contributed by atoms with E-state index in [2.05, 4.69) is 4.74 Å². The van der Waals surface area contributed by atoms with Crippen LogP contribution in [0.15, 0.2) is 18.2 Å². The van der Waals surface area contributed by atoms with Crippen LogP contribution in [0.2, 0.25) is 0 Å². The summed E-state index contributed by atoms with van der Waals surface area (Å²) in [6.45, 7) is 3.65. The third-order valence-corrected chi connectivity index (χ3v) is 2.34. The molecule has 16 heavy (non-hydrogen) atoms. The molecule has 0 heterocycles. The van der Waals surface area contributed by atoms with Gasteiger partial charge < -0.3 is 14.2 Å². The highest BCUT2D eigenvalue weighted by Gasteiger charge is 2.09. The topological polar surface area (TPSA) is 44.8 Å². The number of ether oxygens (including phenoxy) is 3. The molecule has 1 unspecified atom stereocenters. The van der Waals surface area contributed by atoms with Crippen LogP contribution < -0.4 is 9.47 Å². The smallest absolute Gasteiger partial charge is 0.417 e. The Labute approximate surface area is 95.1 Å². The molecular weight excluding hydrogens is 208 g/mol. The Morgan fingerprint density at radius 1 is 1.19 bits per heavy atom. The summed E-state index contributed by atoms with van der Waals surface area (Å²) >= 11 is 0. The minimum atomic E-state index is 0.0745. The second kappa shape index (κ2) is 6.00. The normalized spacial score (nSPS) is 11.7. The zero-order chi connectivity index (χ0) is 12.0. The molecule has 1 atom stereocenters. The summed E-state index contributed by atoms with van der Waals surface area (Å²) in [5.74, 6) is 1.51. The number of carbonyl (C=O) groups excluding carboxylic acids is 1. The molecule has 1 aromatic carbocycles. The highest BCUT2D eigenvalue weighted by molar-refractivity contribution is 5.41. The lowest BCUT2D eigenvalue weighted by atomic mass is 10.0. The Hall–Kier alpha value is -1.71. The number of rotatable bonds is 6. The molecule has 0 bridgehead atoms. The molecule has 1 rings (SSSR count). The Balaban J connectivity index is 2.88. The molecule has 0 aliphatic carbocycles. The molecular formula is C12H15O4. The summed E-state index contributed by atoms with van der Waals surface area (Å²) in [4.78, 5) is 9.99. The van der Waals surface area contributed by atoms with Gasteiger partial charge in [-0.3, -0.25) is 0 Å². The van der Waals surface area contributed by atoms with Crippen molar-refractivity contribution in [3.05, 3.63) is 23.8 Å². The summed E-state index contributed by atoms with van der Waals surface area (Å²) in [6.07, 6.45) is 0. The fourth-order valence-electron chi connectivity index (χ4n) is 1.37. The first-order valence-electron chi connectivity index (χ1n) is 4.93. The highest BCUT2D eigenvalue weighted by atomic mass is 16.5. The van der Waals surface area contributed by atoms with Crippen molar-refractivity contribution in [3.63, 3.8) is 0 Å². The molecule has 0 aliphatic rings. The lowest BCUT2D eigenvalue weighted by molar-refractivity contribution is 0.260. The SMILES string of the molecule is COc1cc(OC)cc(C(C)CO[C]=O)c1.